The standard InChI is InChI=1S/C22H36O2/c1-14(2)9-11-17-13-18(12-10-15(3)4)22(7,8)19(21(17)24)20(23)16(5)6/h9-10,16-19H,11-13H2,1-8H3/t17-,18+,19-/m1/s1. The Labute approximate surface area is 148 Å². The molecule has 0 aromatic rings. The molecule has 0 aromatic carbocycles. The maximum atomic E-state index is 13.1. The van der Waals surface area contributed by atoms with E-state index in [1.54, 1.807) is 0 Å². The van der Waals surface area contributed by atoms with Gasteiger partial charge in [-0.05, 0) is 58.3 Å². The Morgan fingerprint density at radius 1 is 1.08 bits per heavy atom. The average molecular weight is 333 g/mol. The Bertz CT molecular complexity index is 526. The van der Waals surface area contributed by atoms with E-state index >= 15 is 0 Å². The monoisotopic (exact) mass is 332 g/mol. The summed E-state index contributed by atoms with van der Waals surface area (Å²) >= 11 is 0. The molecule has 0 N–H and O–H groups in total. The van der Waals surface area contributed by atoms with Crippen molar-refractivity contribution in [2.75, 3.05) is 0 Å². The van der Waals surface area contributed by atoms with E-state index < -0.39 is 5.92 Å². The molecule has 1 saturated carbocycles. The van der Waals surface area contributed by atoms with Crippen molar-refractivity contribution < 1.29 is 9.59 Å². The predicted octanol–water partition coefficient (Wildman–Crippen LogP) is 5.77. The summed E-state index contributed by atoms with van der Waals surface area (Å²) in [7, 11) is 0. The zero-order valence-corrected chi connectivity index (χ0v) is 16.9. The summed E-state index contributed by atoms with van der Waals surface area (Å²) in [6.45, 7) is 16.4. The Balaban J connectivity index is 3.21. The lowest BCUT2D eigenvalue weighted by atomic mass is 9.55. The van der Waals surface area contributed by atoms with Crippen LogP contribution in [0.25, 0.3) is 0 Å². The molecule has 2 heteroatoms. The summed E-state index contributed by atoms with van der Waals surface area (Å²) in [5.41, 5.74) is 2.27. The van der Waals surface area contributed by atoms with Crippen molar-refractivity contribution in [2.45, 2.75) is 74.7 Å². The van der Waals surface area contributed by atoms with Crippen LogP contribution in [0.1, 0.15) is 74.7 Å². The molecule has 1 rings (SSSR count). The fourth-order valence-electron chi connectivity index (χ4n) is 3.81. The third kappa shape index (κ3) is 4.91. The van der Waals surface area contributed by atoms with Gasteiger partial charge < -0.3 is 0 Å². The van der Waals surface area contributed by atoms with Gasteiger partial charge in [0.1, 0.15) is 11.6 Å². The van der Waals surface area contributed by atoms with Crippen LogP contribution in [0.3, 0.4) is 0 Å². The van der Waals surface area contributed by atoms with Crippen molar-refractivity contribution in [3.63, 3.8) is 0 Å². The molecule has 0 spiro atoms. The van der Waals surface area contributed by atoms with E-state index in [0.717, 1.165) is 19.3 Å². The molecule has 0 heterocycles. The molecule has 1 aliphatic carbocycles. The van der Waals surface area contributed by atoms with Crippen molar-refractivity contribution in [2.24, 2.45) is 29.1 Å². The van der Waals surface area contributed by atoms with Gasteiger partial charge in [0.25, 0.3) is 0 Å². The molecule has 0 radical (unpaired) electrons. The first-order chi connectivity index (χ1) is 11.0. The van der Waals surface area contributed by atoms with Gasteiger partial charge in [-0.25, -0.2) is 0 Å². The van der Waals surface area contributed by atoms with E-state index in [9.17, 15) is 9.59 Å². The highest BCUT2D eigenvalue weighted by molar-refractivity contribution is 6.05. The number of hydrogen-bond donors (Lipinski definition) is 0. The Morgan fingerprint density at radius 2 is 1.58 bits per heavy atom. The number of carbonyl (C=O) groups is 2. The number of Topliss-reactive ketones (excluding diaryl/α,β-unsaturated/α-hetero) is 2. The van der Waals surface area contributed by atoms with Gasteiger partial charge >= 0.3 is 0 Å². The van der Waals surface area contributed by atoms with Gasteiger partial charge in [-0.1, -0.05) is 51.0 Å². The molecular formula is C22H36O2. The van der Waals surface area contributed by atoms with Gasteiger partial charge in [-0.2, -0.15) is 0 Å². The molecule has 0 saturated heterocycles. The number of carbonyl (C=O) groups excluding carboxylic acids is 2. The van der Waals surface area contributed by atoms with Gasteiger partial charge in [-0.3, -0.25) is 9.59 Å². The first-order valence-electron chi connectivity index (χ1n) is 9.32. The smallest absolute Gasteiger partial charge is 0.147 e. The van der Waals surface area contributed by atoms with E-state index in [1.807, 2.05) is 13.8 Å². The van der Waals surface area contributed by atoms with E-state index in [-0.39, 0.29) is 28.8 Å². The summed E-state index contributed by atoms with van der Waals surface area (Å²) < 4.78 is 0. The minimum atomic E-state index is -0.461. The Morgan fingerprint density at radius 3 is 2.04 bits per heavy atom. The zero-order chi connectivity index (χ0) is 18.7. The first kappa shape index (κ1) is 20.9. The second-order valence-corrected chi connectivity index (χ2v) is 8.88. The van der Waals surface area contributed by atoms with Crippen molar-refractivity contribution >= 4 is 11.6 Å². The zero-order valence-electron chi connectivity index (χ0n) is 16.9. The van der Waals surface area contributed by atoms with E-state index in [4.69, 9.17) is 0 Å². The van der Waals surface area contributed by atoms with Crippen LogP contribution in [-0.2, 0) is 9.59 Å². The predicted molar refractivity (Wildman–Crippen MR) is 102 cm³/mol. The Kier molecular flexibility index (Phi) is 7.19. The van der Waals surface area contributed by atoms with E-state index in [2.05, 4.69) is 53.7 Å². The maximum Gasteiger partial charge on any atom is 0.147 e. The normalized spacial score (nSPS) is 26.2. The topological polar surface area (TPSA) is 34.1 Å². The highest BCUT2D eigenvalue weighted by Crippen LogP contribution is 2.49. The van der Waals surface area contributed by atoms with Crippen LogP contribution in [0.4, 0.5) is 0 Å². The lowest BCUT2D eigenvalue weighted by Gasteiger charge is -2.46. The Hall–Kier alpha value is -1.18. The summed E-state index contributed by atoms with van der Waals surface area (Å²) in [5, 5.41) is 0. The second-order valence-electron chi connectivity index (χ2n) is 8.88. The molecule has 3 atom stereocenters. The molecule has 0 aliphatic heterocycles. The van der Waals surface area contributed by atoms with Crippen LogP contribution >= 0.6 is 0 Å². The fourth-order valence-corrected chi connectivity index (χ4v) is 3.81. The van der Waals surface area contributed by atoms with Crippen molar-refractivity contribution in [1.29, 1.82) is 0 Å². The number of hydrogen-bond acceptors (Lipinski definition) is 2. The van der Waals surface area contributed by atoms with Crippen LogP contribution in [-0.4, -0.2) is 11.6 Å². The highest BCUT2D eigenvalue weighted by Gasteiger charge is 2.51. The van der Waals surface area contributed by atoms with Crippen molar-refractivity contribution in [1.82, 2.24) is 0 Å². The SMILES string of the molecule is CC(C)=CC[C@@H]1C[C@H](CC=C(C)C)C(C)(C)[C@H](C(=O)C(C)C)C1=O. The molecule has 0 bridgehead atoms. The minimum Gasteiger partial charge on any atom is -0.299 e. The van der Waals surface area contributed by atoms with Crippen LogP contribution < -0.4 is 0 Å². The lowest BCUT2D eigenvalue weighted by molar-refractivity contribution is -0.149. The van der Waals surface area contributed by atoms with E-state index in [0.29, 0.717) is 5.92 Å². The fraction of sp³-hybridized carbons (Fsp3) is 0.727. The van der Waals surface area contributed by atoms with Gasteiger partial charge in [-0.15, -0.1) is 0 Å². The second kappa shape index (κ2) is 8.27. The average Bonchev–Trinajstić information content (AvgIpc) is 2.44. The number of rotatable bonds is 6. The largest absolute Gasteiger partial charge is 0.299 e. The first-order valence-corrected chi connectivity index (χ1v) is 9.32. The minimum absolute atomic E-state index is 0.0174. The number of ketones is 2. The molecular weight excluding hydrogens is 296 g/mol. The molecule has 0 aromatic heterocycles. The highest BCUT2D eigenvalue weighted by atomic mass is 16.2. The molecule has 1 fully saturated rings. The molecule has 2 nitrogen and oxygen atoms in total. The third-order valence-electron chi connectivity index (χ3n) is 5.53. The summed E-state index contributed by atoms with van der Waals surface area (Å²) in [5.74, 6) is 0.0882. The van der Waals surface area contributed by atoms with Crippen LogP contribution in [0.5, 0.6) is 0 Å². The molecule has 0 amide bonds. The molecule has 0 unspecified atom stereocenters. The third-order valence-corrected chi connectivity index (χ3v) is 5.53. The summed E-state index contributed by atoms with van der Waals surface area (Å²) in [4.78, 5) is 26.0. The van der Waals surface area contributed by atoms with Gasteiger partial charge in [0.05, 0.1) is 5.92 Å². The molecule has 136 valence electrons. The summed E-state index contributed by atoms with van der Waals surface area (Å²) in [6, 6.07) is 0. The van der Waals surface area contributed by atoms with Gasteiger partial charge in [0, 0.05) is 11.8 Å². The van der Waals surface area contributed by atoms with Crippen molar-refractivity contribution in [3.05, 3.63) is 23.3 Å². The van der Waals surface area contributed by atoms with Gasteiger partial charge in [0.15, 0.2) is 0 Å². The quantitative estimate of drug-likeness (QED) is 0.457. The van der Waals surface area contributed by atoms with Crippen LogP contribution in [0.15, 0.2) is 23.3 Å². The van der Waals surface area contributed by atoms with Gasteiger partial charge in [0.2, 0.25) is 0 Å². The maximum absolute atomic E-state index is 13.1. The van der Waals surface area contributed by atoms with Crippen LogP contribution in [0.2, 0.25) is 0 Å². The number of allylic oxidation sites excluding steroid dienone is 4. The van der Waals surface area contributed by atoms with Crippen LogP contribution in [0, 0.1) is 29.1 Å². The summed E-state index contributed by atoms with van der Waals surface area (Å²) in [6.07, 6.45) is 7.02. The lowest BCUT2D eigenvalue weighted by Crippen LogP contribution is -2.50. The molecule has 24 heavy (non-hydrogen) atoms. The molecule has 1 aliphatic rings. The van der Waals surface area contributed by atoms with Crippen molar-refractivity contribution in [3.8, 4) is 0 Å². The van der Waals surface area contributed by atoms with E-state index in [1.165, 1.54) is 11.1 Å².